The van der Waals surface area contributed by atoms with Crippen LogP contribution < -0.4 is 5.32 Å². The van der Waals surface area contributed by atoms with Crippen molar-refractivity contribution in [1.29, 1.82) is 0 Å². The molecular weight excluding hydrogens is 229 g/mol. The van der Waals surface area contributed by atoms with E-state index in [9.17, 15) is 14.5 Å². The normalized spacial score (nSPS) is 13.6. The fourth-order valence-corrected chi connectivity index (χ4v) is 1.41. The summed E-state index contributed by atoms with van der Waals surface area (Å²) in [7, 11) is -0.459. The van der Waals surface area contributed by atoms with Gasteiger partial charge in [0, 0.05) is 0 Å². The fraction of sp³-hybridized carbons (Fsp3) is 0.200. The van der Waals surface area contributed by atoms with Crippen LogP contribution >= 0.6 is 7.92 Å². The Balaban J connectivity index is 2.89. The van der Waals surface area contributed by atoms with Crippen molar-refractivity contribution in [2.24, 2.45) is 0 Å². The molecule has 0 fully saturated rings. The van der Waals surface area contributed by atoms with Crippen molar-refractivity contribution < 1.29 is 19.6 Å². The van der Waals surface area contributed by atoms with Crippen molar-refractivity contribution in [3.63, 3.8) is 0 Å². The van der Waals surface area contributed by atoms with Crippen molar-refractivity contribution in [2.45, 2.75) is 12.1 Å². The summed E-state index contributed by atoms with van der Waals surface area (Å²) in [6.07, 6.45) is -1.23. The summed E-state index contributed by atoms with van der Waals surface area (Å²) in [5.74, 6) is 0.863. The van der Waals surface area contributed by atoms with Crippen LogP contribution in [0.25, 0.3) is 0 Å². The molecule has 0 aliphatic rings. The Morgan fingerprint density at radius 3 is 2.50 bits per heavy atom. The Morgan fingerprint density at radius 1 is 1.38 bits per heavy atom. The number of carbonyl (C=O) groups is 1. The Bertz CT molecular complexity index is 456. The Hall–Kier alpha value is -1.38. The standard InChI is InChI=1S/C10H10NO4P/c12-9(7-4-2-1-3-5-7)8(10(13)14)11-6-16-15/h1-5,8-9,11-12H,(H,13,14)/t8-,9?/m0/s1. The first kappa shape index (κ1) is 12.7. The van der Waals surface area contributed by atoms with Crippen molar-refractivity contribution in [3.8, 4) is 5.75 Å². The van der Waals surface area contributed by atoms with Crippen LogP contribution in [0.2, 0.25) is 0 Å². The van der Waals surface area contributed by atoms with E-state index < -0.39 is 26.0 Å². The molecule has 0 amide bonds. The topological polar surface area (TPSA) is 86.6 Å². The van der Waals surface area contributed by atoms with E-state index in [0.29, 0.717) is 5.56 Å². The van der Waals surface area contributed by atoms with Gasteiger partial charge in [-0.2, -0.15) is 0 Å². The van der Waals surface area contributed by atoms with Gasteiger partial charge in [0.25, 0.3) is 0 Å². The molecule has 0 aromatic heterocycles. The van der Waals surface area contributed by atoms with E-state index in [0.717, 1.165) is 0 Å². The van der Waals surface area contributed by atoms with Gasteiger partial charge in [0.2, 0.25) is 0 Å². The second-order valence-electron chi connectivity index (χ2n) is 3.02. The molecule has 5 nitrogen and oxygen atoms in total. The third-order valence-electron chi connectivity index (χ3n) is 1.99. The molecule has 1 aromatic rings. The molecule has 0 heterocycles. The molecular formula is C10H10NO4P. The second-order valence-corrected chi connectivity index (χ2v) is 3.43. The summed E-state index contributed by atoms with van der Waals surface area (Å²) in [4.78, 5) is 10.9. The molecule has 0 saturated carbocycles. The molecule has 0 saturated heterocycles. The Kier molecular flexibility index (Phi) is 4.96. The molecule has 6 heteroatoms. The van der Waals surface area contributed by atoms with Crippen LogP contribution in [-0.2, 0) is 9.36 Å². The molecule has 0 aliphatic carbocycles. The maximum absolute atomic E-state index is 10.9. The zero-order valence-electron chi connectivity index (χ0n) is 8.20. The van der Waals surface area contributed by atoms with Crippen molar-refractivity contribution in [1.82, 2.24) is 5.32 Å². The number of hydrogen-bond acceptors (Lipinski definition) is 4. The second kappa shape index (κ2) is 6.26. The van der Waals surface area contributed by atoms with Crippen LogP contribution in [-0.4, -0.2) is 22.2 Å². The number of aliphatic hydroxyl groups is 1. The summed E-state index contributed by atoms with van der Waals surface area (Å²) in [6, 6.07) is 7.08. The fourth-order valence-electron chi connectivity index (χ4n) is 1.21. The Morgan fingerprint density at radius 2 is 2.00 bits per heavy atom. The summed E-state index contributed by atoms with van der Waals surface area (Å²) < 4.78 is 10.1. The third-order valence-corrected chi connectivity index (χ3v) is 2.21. The summed E-state index contributed by atoms with van der Waals surface area (Å²) in [5.41, 5.74) is 0.465. The minimum absolute atomic E-state index is 0.459. The zero-order valence-corrected chi connectivity index (χ0v) is 9.09. The van der Waals surface area contributed by atoms with Crippen LogP contribution in [0.15, 0.2) is 30.3 Å². The third kappa shape index (κ3) is 3.33. The number of aliphatic carboxylic acids is 1. The molecule has 2 atom stereocenters. The molecule has 0 radical (unpaired) electrons. The van der Waals surface area contributed by atoms with Gasteiger partial charge in [0.1, 0.15) is 0 Å². The van der Waals surface area contributed by atoms with Gasteiger partial charge in [-0.05, 0) is 0 Å². The van der Waals surface area contributed by atoms with E-state index in [4.69, 9.17) is 5.11 Å². The van der Waals surface area contributed by atoms with Gasteiger partial charge >= 0.3 is 92.6 Å². The monoisotopic (exact) mass is 239 g/mol. The first-order valence-corrected chi connectivity index (χ1v) is 5.26. The van der Waals surface area contributed by atoms with E-state index in [1.807, 2.05) is 0 Å². The van der Waals surface area contributed by atoms with Crippen LogP contribution in [0.5, 0.6) is 0 Å². The molecule has 16 heavy (non-hydrogen) atoms. The predicted octanol–water partition coefficient (Wildman–Crippen LogP) is 0.971. The van der Waals surface area contributed by atoms with Gasteiger partial charge in [0.05, 0.1) is 0 Å². The van der Waals surface area contributed by atoms with Crippen molar-refractivity contribution in [3.05, 3.63) is 35.9 Å². The predicted molar refractivity (Wildman–Crippen MR) is 57.5 cm³/mol. The quantitative estimate of drug-likeness (QED) is 0.538. The van der Waals surface area contributed by atoms with Gasteiger partial charge < -0.3 is 0 Å². The molecule has 1 aromatic carbocycles. The number of nitrogens with one attached hydrogen (secondary N) is 1. The van der Waals surface area contributed by atoms with E-state index in [1.54, 1.807) is 30.3 Å². The van der Waals surface area contributed by atoms with E-state index in [-0.39, 0.29) is 0 Å². The molecule has 1 rings (SSSR count). The van der Waals surface area contributed by atoms with Crippen LogP contribution in [0.4, 0.5) is 0 Å². The first-order valence-electron chi connectivity index (χ1n) is 4.45. The number of hydrogen-bond donors (Lipinski definition) is 3. The SMILES string of the molecule is O=P#CN[C@H](C(=O)O)C(O)c1ccccc1. The van der Waals surface area contributed by atoms with E-state index in [2.05, 4.69) is 11.1 Å². The summed E-state index contributed by atoms with van der Waals surface area (Å²) in [5, 5.41) is 20.9. The molecule has 3 N–H and O–H groups in total. The van der Waals surface area contributed by atoms with Gasteiger partial charge in [0.15, 0.2) is 0 Å². The van der Waals surface area contributed by atoms with Crippen LogP contribution in [0.3, 0.4) is 0 Å². The molecule has 0 spiro atoms. The number of carboxylic acids is 1. The average Bonchev–Trinajstić information content (AvgIpc) is 2.30. The first-order chi connectivity index (χ1) is 7.66. The van der Waals surface area contributed by atoms with Gasteiger partial charge in [-0.3, -0.25) is 0 Å². The van der Waals surface area contributed by atoms with E-state index in [1.165, 1.54) is 0 Å². The summed E-state index contributed by atoms with van der Waals surface area (Å²) >= 11 is 0. The van der Waals surface area contributed by atoms with Gasteiger partial charge in [-0.25, -0.2) is 0 Å². The number of rotatable bonds is 4. The average molecular weight is 239 g/mol. The zero-order chi connectivity index (χ0) is 12.0. The van der Waals surface area contributed by atoms with Crippen molar-refractivity contribution >= 4 is 13.9 Å². The molecule has 1 unspecified atom stereocenters. The maximum atomic E-state index is 10.9. The Labute approximate surface area is 93.2 Å². The van der Waals surface area contributed by atoms with Gasteiger partial charge in [-0.1, -0.05) is 0 Å². The molecule has 84 valence electrons. The number of benzene rings is 1. The van der Waals surface area contributed by atoms with Crippen LogP contribution in [0, 0.1) is 5.75 Å². The summed E-state index contributed by atoms with van der Waals surface area (Å²) in [6.45, 7) is 0. The van der Waals surface area contributed by atoms with Crippen LogP contribution in [0.1, 0.15) is 11.7 Å². The molecule has 0 aliphatic heterocycles. The van der Waals surface area contributed by atoms with E-state index >= 15 is 0 Å². The number of carboxylic acid groups (broad SMARTS) is 1. The van der Waals surface area contributed by atoms with Gasteiger partial charge in [-0.15, -0.1) is 0 Å². The minimum atomic E-state index is -1.27. The number of aliphatic hydroxyl groups excluding tert-OH is 1. The molecule has 0 bridgehead atoms. The van der Waals surface area contributed by atoms with Crippen molar-refractivity contribution in [2.75, 3.05) is 0 Å².